The minimum Gasteiger partial charge on any atom is -0.0862 e. The summed E-state index contributed by atoms with van der Waals surface area (Å²) in [5.74, 6) is 0. The smallest absolute Gasteiger partial charge is 0.0417 e. The van der Waals surface area contributed by atoms with Gasteiger partial charge in [0.05, 0.1) is 0 Å². The van der Waals surface area contributed by atoms with E-state index in [1.165, 1.54) is 0 Å². The molecule has 0 N–H and O–H groups in total. The number of halogens is 2. The summed E-state index contributed by atoms with van der Waals surface area (Å²) in [6.07, 6.45) is 5.16. The molecular weight excluding hydrogens is 155 g/mol. The van der Waals surface area contributed by atoms with E-state index in [1.807, 2.05) is 13.0 Å². The topological polar surface area (TPSA) is 0 Å². The van der Waals surface area contributed by atoms with Gasteiger partial charge in [0.1, 0.15) is 0 Å². The van der Waals surface area contributed by atoms with Crippen LogP contribution in [0.3, 0.4) is 0 Å². The van der Waals surface area contributed by atoms with E-state index in [0.717, 1.165) is 0 Å². The van der Waals surface area contributed by atoms with Crippen LogP contribution in [0.2, 0.25) is 0 Å². The third-order valence-electron chi connectivity index (χ3n) is 0.620. The SMILES string of the molecule is C=C(Cl)/C=C(Cl)\C=C\C. The van der Waals surface area contributed by atoms with Gasteiger partial charge in [-0.2, -0.15) is 0 Å². The van der Waals surface area contributed by atoms with E-state index in [1.54, 1.807) is 12.2 Å². The number of hydrogen-bond donors (Lipinski definition) is 0. The molecule has 0 radical (unpaired) electrons. The lowest BCUT2D eigenvalue weighted by molar-refractivity contribution is 1.70. The van der Waals surface area contributed by atoms with Crippen LogP contribution < -0.4 is 0 Å². The first-order valence-electron chi connectivity index (χ1n) is 2.51. The molecule has 0 rings (SSSR count). The molecule has 0 aliphatic carbocycles. The molecule has 0 aliphatic rings. The maximum atomic E-state index is 5.60. The van der Waals surface area contributed by atoms with Crippen molar-refractivity contribution in [2.75, 3.05) is 0 Å². The Morgan fingerprint density at radius 3 is 2.33 bits per heavy atom. The fourth-order valence-electron chi connectivity index (χ4n) is 0.357. The minimum absolute atomic E-state index is 0.443. The van der Waals surface area contributed by atoms with E-state index in [2.05, 4.69) is 6.58 Å². The van der Waals surface area contributed by atoms with Crippen LogP contribution in [-0.2, 0) is 0 Å². The van der Waals surface area contributed by atoms with Crippen LogP contribution in [0.25, 0.3) is 0 Å². The van der Waals surface area contributed by atoms with Gasteiger partial charge in [0.15, 0.2) is 0 Å². The first kappa shape index (κ1) is 8.80. The summed E-state index contributed by atoms with van der Waals surface area (Å²) in [4.78, 5) is 0. The Balaban J connectivity index is 4.00. The Morgan fingerprint density at radius 2 is 2.00 bits per heavy atom. The molecule has 0 atom stereocenters. The summed E-state index contributed by atoms with van der Waals surface area (Å²) in [7, 11) is 0. The highest BCUT2D eigenvalue weighted by Crippen LogP contribution is 2.09. The highest BCUT2D eigenvalue weighted by Gasteiger charge is 1.83. The standard InChI is InChI=1S/C7H8Cl2/c1-3-4-7(9)5-6(2)8/h3-5H,2H2,1H3/b4-3+,7-5+. The summed E-state index contributed by atoms with van der Waals surface area (Å²) in [5.41, 5.74) is 0. The van der Waals surface area contributed by atoms with E-state index < -0.39 is 0 Å². The summed E-state index contributed by atoms with van der Waals surface area (Å²) in [5, 5.41) is 1.04. The van der Waals surface area contributed by atoms with Gasteiger partial charge in [-0.15, -0.1) is 0 Å². The van der Waals surface area contributed by atoms with Crippen molar-refractivity contribution in [2.45, 2.75) is 6.92 Å². The third-order valence-corrected chi connectivity index (χ3v) is 0.965. The van der Waals surface area contributed by atoms with Gasteiger partial charge in [-0.3, -0.25) is 0 Å². The van der Waals surface area contributed by atoms with Crippen molar-refractivity contribution in [1.82, 2.24) is 0 Å². The fraction of sp³-hybridized carbons (Fsp3) is 0.143. The molecule has 0 heterocycles. The second kappa shape index (κ2) is 4.66. The molecule has 0 saturated heterocycles. The minimum atomic E-state index is 0.443. The van der Waals surface area contributed by atoms with Gasteiger partial charge in [-0.25, -0.2) is 0 Å². The van der Waals surface area contributed by atoms with Crippen LogP contribution in [0.15, 0.2) is 34.9 Å². The van der Waals surface area contributed by atoms with Crippen LogP contribution in [0.1, 0.15) is 6.92 Å². The van der Waals surface area contributed by atoms with E-state index in [4.69, 9.17) is 23.2 Å². The van der Waals surface area contributed by atoms with Gasteiger partial charge in [-0.05, 0) is 19.1 Å². The van der Waals surface area contributed by atoms with Crippen molar-refractivity contribution >= 4 is 23.2 Å². The normalized spacial score (nSPS) is 12.6. The number of hydrogen-bond acceptors (Lipinski definition) is 0. The highest BCUT2D eigenvalue weighted by atomic mass is 35.5. The average Bonchev–Trinajstić information content (AvgIpc) is 1.63. The van der Waals surface area contributed by atoms with Crippen LogP contribution in [0.5, 0.6) is 0 Å². The van der Waals surface area contributed by atoms with Gasteiger partial charge in [-0.1, -0.05) is 35.9 Å². The number of rotatable bonds is 2. The van der Waals surface area contributed by atoms with E-state index in [-0.39, 0.29) is 0 Å². The second-order valence-electron chi connectivity index (χ2n) is 1.48. The van der Waals surface area contributed by atoms with Crippen LogP contribution in [0.4, 0.5) is 0 Å². The Hall–Kier alpha value is -0.200. The van der Waals surface area contributed by atoms with Gasteiger partial charge in [0.25, 0.3) is 0 Å². The molecule has 0 aromatic heterocycles. The molecule has 2 heteroatoms. The Kier molecular flexibility index (Phi) is 4.55. The molecule has 0 bridgehead atoms. The Labute approximate surface area is 65.5 Å². The molecule has 0 saturated carbocycles. The van der Waals surface area contributed by atoms with Gasteiger partial charge in [0.2, 0.25) is 0 Å². The van der Waals surface area contributed by atoms with E-state index >= 15 is 0 Å². The summed E-state index contributed by atoms with van der Waals surface area (Å²) < 4.78 is 0. The van der Waals surface area contributed by atoms with Crippen molar-refractivity contribution < 1.29 is 0 Å². The van der Waals surface area contributed by atoms with Gasteiger partial charge >= 0.3 is 0 Å². The molecule has 50 valence electrons. The lowest BCUT2D eigenvalue weighted by Crippen LogP contribution is -1.62. The Bertz CT molecular complexity index is 154. The van der Waals surface area contributed by atoms with E-state index in [9.17, 15) is 0 Å². The summed E-state index contributed by atoms with van der Waals surface area (Å²) in [6, 6.07) is 0. The molecule has 0 fully saturated rings. The molecule has 0 spiro atoms. The lowest BCUT2D eigenvalue weighted by Gasteiger charge is -1.84. The van der Waals surface area contributed by atoms with Crippen LogP contribution >= 0.6 is 23.2 Å². The molecule has 0 aromatic rings. The molecule has 0 aliphatic heterocycles. The molecule has 0 nitrogen and oxygen atoms in total. The molecule has 0 amide bonds. The second-order valence-corrected chi connectivity index (χ2v) is 2.40. The molecule has 0 aromatic carbocycles. The quantitative estimate of drug-likeness (QED) is 0.547. The fourth-order valence-corrected chi connectivity index (χ4v) is 0.788. The lowest BCUT2D eigenvalue weighted by atomic mass is 10.4. The third kappa shape index (κ3) is 5.67. The largest absolute Gasteiger partial charge is 0.0862 e. The molecule has 0 unspecified atom stereocenters. The first-order chi connectivity index (χ1) is 4.16. The van der Waals surface area contributed by atoms with Crippen molar-refractivity contribution in [1.29, 1.82) is 0 Å². The average molecular weight is 163 g/mol. The van der Waals surface area contributed by atoms with Crippen molar-refractivity contribution in [2.24, 2.45) is 0 Å². The summed E-state index contributed by atoms with van der Waals surface area (Å²) >= 11 is 11.0. The predicted molar refractivity (Wildman–Crippen MR) is 43.7 cm³/mol. The van der Waals surface area contributed by atoms with Crippen LogP contribution in [0, 0.1) is 0 Å². The highest BCUT2D eigenvalue weighted by molar-refractivity contribution is 6.35. The zero-order valence-electron chi connectivity index (χ0n) is 5.20. The van der Waals surface area contributed by atoms with Crippen LogP contribution in [-0.4, -0.2) is 0 Å². The monoisotopic (exact) mass is 162 g/mol. The zero-order chi connectivity index (χ0) is 7.28. The van der Waals surface area contributed by atoms with Gasteiger partial charge in [0, 0.05) is 10.1 Å². The number of allylic oxidation sites excluding steroid dienone is 5. The maximum Gasteiger partial charge on any atom is 0.0417 e. The van der Waals surface area contributed by atoms with Gasteiger partial charge < -0.3 is 0 Å². The van der Waals surface area contributed by atoms with E-state index in [0.29, 0.717) is 10.1 Å². The molecule has 9 heavy (non-hydrogen) atoms. The summed E-state index contributed by atoms with van der Waals surface area (Å²) in [6.45, 7) is 5.33. The van der Waals surface area contributed by atoms with Crippen molar-refractivity contribution in [3.8, 4) is 0 Å². The van der Waals surface area contributed by atoms with Crippen molar-refractivity contribution in [3.63, 3.8) is 0 Å². The molecular formula is C7H8Cl2. The maximum absolute atomic E-state index is 5.60. The first-order valence-corrected chi connectivity index (χ1v) is 3.26. The Morgan fingerprint density at radius 1 is 1.44 bits per heavy atom. The predicted octanol–water partition coefficient (Wildman–Crippen LogP) is 3.44. The van der Waals surface area contributed by atoms with Crippen molar-refractivity contribution in [3.05, 3.63) is 34.9 Å². The zero-order valence-corrected chi connectivity index (χ0v) is 6.71.